The Balaban J connectivity index is 2.06. The second kappa shape index (κ2) is 7.98. The Labute approximate surface area is 133 Å². The molecule has 1 aromatic heterocycles. The van der Waals surface area contributed by atoms with Crippen molar-refractivity contribution >= 4 is 12.0 Å². The molecule has 0 fully saturated rings. The molecule has 2 aromatic rings. The first-order valence-electron chi connectivity index (χ1n) is 7.04. The Morgan fingerprint density at radius 2 is 2.00 bits per heavy atom. The van der Waals surface area contributed by atoms with Crippen molar-refractivity contribution in [2.75, 3.05) is 14.2 Å². The summed E-state index contributed by atoms with van der Waals surface area (Å²) in [5.74, 6) is 1.62. The Hall–Kier alpha value is -2.83. The van der Waals surface area contributed by atoms with Crippen LogP contribution in [0.4, 0.5) is 0 Å². The molecule has 0 radical (unpaired) electrons. The first-order valence-corrected chi connectivity index (χ1v) is 7.04. The molecular formula is C16H18N2O5. The summed E-state index contributed by atoms with van der Waals surface area (Å²) < 4.78 is 20.9. The van der Waals surface area contributed by atoms with Gasteiger partial charge >= 0.3 is 5.97 Å². The zero-order chi connectivity index (χ0) is 16.7. The summed E-state index contributed by atoms with van der Waals surface area (Å²) in [5.41, 5.74) is 0.783. The van der Waals surface area contributed by atoms with E-state index in [9.17, 15) is 4.79 Å². The standard InChI is InChI=1S/C16H18N2O5/c1-4-14-17-18-15(23-14)10-22-12-7-5-11(9-13(12)20-2)6-8-16(19)21-3/h5-9H,4,10H2,1-3H3/b8-6+. The average molecular weight is 318 g/mol. The number of hydrogen-bond donors (Lipinski definition) is 0. The highest BCUT2D eigenvalue weighted by atomic mass is 16.5. The van der Waals surface area contributed by atoms with Crippen LogP contribution >= 0.6 is 0 Å². The van der Waals surface area contributed by atoms with E-state index in [0.717, 1.165) is 5.56 Å². The molecule has 23 heavy (non-hydrogen) atoms. The van der Waals surface area contributed by atoms with Gasteiger partial charge in [0.05, 0.1) is 14.2 Å². The van der Waals surface area contributed by atoms with Crippen molar-refractivity contribution in [1.82, 2.24) is 10.2 Å². The van der Waals surface area contributed by atoms with E-state index in [0.29, 0.717) is 29.7 Å². The number of benzene rings is 1. The number of ether oxygens (including phenoxy) is 3. The van der Waals surface area contributed by atoms with Crippen molar-refractivity contribution in [1.29, 1.82) is 0 Å². The van der Waals surface area contributed by atoms with Crippen LogP contribution in [0.15, 0.2) is 28.7 Å². The molecule has 7 heteroatoms. The fourth-order valence-corrected chi connectivity index (χ4v) is 1.77. The Morgan fingerprint density at radius 3 is 2.65 bits per heavy atom. The molecule has 0 saturated heterocycles. The topological polar surface area (TPSA) is 83.7 Å². The van der Waals surface area contributed by atoms with Gasteiger partial charge in [-0.1, -0.05) is 13.0 Å². The molecule has 0 amide bonds. The predicted molar refractivity (Wildman–Crippen MR) is 82.1 cm³/mol. The fourth-order valence-electron chi connectivity index (χ4n) is 1.77. The lowest BCUT2D eigenvalue weighted by Gasteiger charge is -2.09. The third-order valence-corrected chi connectivity index (χ3v) is 2.96. The Bertz CT molecular complexity index is 694. The van der Waals surface area contributed by atoms with Gasteiger partial charge in [-0.05, 0) is 23.8 Å². The van der Waals surface area contributed by atoms with Crippen LogP contribution in [-0.4, -0.2) is 30.4 Å². The first kappa shape index (κ1) is 16.5. The largest absolute Gasteiger partial charge is 0.493 e. The van der Waals surface area contributed by atoms with Gasteiger partial charge in [-0.25, -0.2) is 4.79 Å². The molecule has 0 aliphatic heterocycles. The lowest BCUT2D eigenvalue weighted by atomic mass is 10.2. The second-order valence-electron chi connectivity index (χ2n) is 4.50. The van der Waals surface area contributed by atoms with Gasteiger partial charge in [0.15, 0.2) is 18.1 Å². The van der Waals surface area contributed by atoms with Gasteiger partial charge in [0, 0.05) is 12.5 Å². The summed E-state index contributed by atoms with van der Waals surface area (Å²) in [5, 5.41) is 7.76. The van der Waals surface area contributed by atoms with Crippen LogP contribution in [0.25, 0.3) is 6.08 Å². The van der Waals surface area contributed by atoms with E-state index in [1.807, 2.05) is 6.92 Å². The quantitative estimate of drug-likeness (QED) is 0.572. The van der Waals surface area contributed by atoms with E-state index >= 15 is 0 Å². The van der Waals surface area contributed by atoms with Crippen molar-refractivity contribution in [3.8, 4) is 11.5 Å². The van der Waals surface area contributed by atoms with Crippen LogP contribution in [0.2, 0.25) is 0 Å². The third kappa shape index (κ3) is 4.57. The molecule has 1 heterocycles. The maximum absolute atomic E-state index is 11.1. The Kier molecular flexibility index (Phi) is 5.74. The van der Waals surface area contributed by atoms with E-state index in [2.05, 4.69) is 14.9 Å². The van der Waals surface area contributed by atoms with Crippen molar-refractivity contribution < 1.29 is 23.4 Å². The van der Waals surface area contributed by atoms with Crippen molar-refractivity contribution in [2.45, 2.75) is 20.0 Å². The molecule has 7 nitrogen and oxygen atoms in total. The highest BCUT2D eigenvalue weighted by Crippen LogP contribution is 2.29. The summed E-state index contributed by atoms with van der Waals surface area (Å²) in [4.78, 5) is 11.1. The van der Waals surface area contributed by atoms with Gasteiger partial charge in [-0.15, -0.1) is 10.2 Å². The molecule has 0 N–H and O–H groups in total. The number of esters is 1. The third-order valence-electron chi connectivity index (χ3n) is 2.96. The van der Waals surface area contributed by atoms with Crippen LogP contribution in [-0.2, 0) is 22.6 Å². The highest BCUT2D eigenvalue weighted by molar-refractivity contribution is 5.87. The summed E-state index contributed by atoms with van der Waals surface area (Å²) in [7, 11) is 2.86. The van der Waals surface area contributed by atoms with Crippen LogP contribution in [0.5, 0.6) is 11.5 Å². The monoisotopic (exact) mass is 318 g/mol. The molecule has 0 aliphatic carbocycles. The lowest BCUT2D eigenvalue weighted by Crippen LogP contribution is -1.98. The van der Waals surface area contributed by atoms with Crippen LogP contribution < -0.4 is 9.47 Å². The van der Waals surface area contributed by atoms with Gasteiger partial charge < -0.3 is 18.6 Å². The second-order valence-corrected chi connectivity index (χ2v) is 4.50. The number of rotatable bonds is 7. The summed E-state index contributed by atoms with van der Waals surface area (Å²) in [6.07, 6.45) is 3.64. The van der Waals surface area contributed by atoms with Crippen LogP contribution in [0.1, 0.15) is 24.3 Å². The normalized spacial score (nSPS) is 10.7. The van der Waals surface area contributed by atoms with E-state index in [-0.39, 0.29) is 6.61 Å². The van der Waals surface area contributed by atoms with Crippen LogP contribution in [0, 0.1) is 0 Å². The first-order chi connectivity index (χ1) is 11.2. The van der Waals surface area contributed by atoms with E-state index in [1.54, 1.807) is 24.3 Å². The van der Waals surface area contributed by atoms with Gasteiger partial charge in [0.25, 0.3) is 5.89 Å². The highest BCUT2D eigenvalue weighted by Gasteiger charge is 2.09. The fraction of sp³-hybridized carbons (Fsp3) is 0.312. The number of nitrogens with zero attached hydrogens (tertiary/aromatic N) is 2. The minimum absolute atomic E-state index is 0.153. The molecule has 0 atom stereocenters. The molecule has 0 bridgehead atoms. The SMILES string of the molecule is CCc1nnc(COc2ccc(/C=C/C(=O)OC)cc2OC)o1. The molecular weight excluding hydrogens is 300 g/mol. The number of aryl methyl sites for hydroxylation is 1. The number of carbonyl (C=O) groups excluding carboxylic acids is 1. The van der Waals surface area contributed by atoms with Gasteiger partial charge in [0.1, 0.15) is 0 Å². The van der Waals surface area contributed by atoms with E-state index in [1.165, 1.54) is 20.3 Å². The van der Waals surface area contributed by atoms with Crippen molar-refractivity contribution in [3.63, 3.8) is 0 Å². The Morgan fingerprint density at radius 1 is 1.22 bits per heavy atom. The molecule has 0 saturated carbocycles. The summed E-state index contributed by atoms with van der Waals surface area (Å²) >= 11 is 0. The summed E-state index contributed by atoms with van der Waals surface area (Å²) in [6, 6.07) is 5.29. The van der Waals surface area contributed by atoms with Crippen LogP contribution in [0.3, 0.4) is 0 Å². The van der Waals surface area contributed by atoms with E-state index in [4.69, 9.17) is 13.9 Å². The maximum atomic E-state index is 11.1. The van der Waals surface area contributed by atoms with Gasteiger partial charge in [0.2, 0.25) is 5.89 Å². The molecule has 2 rings (SSSR count). The molecule has 1 aromatic carbocycles. The summed E-state index contributed by atoms with van der Waals surface area (Å²) in [6.45, 7) is 2.09. The lowest BCUT2D eigenvalue weighted by molar-refractivity contribution is -0.134. The maximum Gasteiger partial charge on any atom is 0.330 e. The predicted octanol–water partition coefficient (Wildman–Crippen LogP) is 2.41. The molecule has 0 spiro atoms. The number of aromatic nitrogens is 2. The average Bonchev–Trinajstić information content (AvgIpc) is 3.06. The number of methoxy groups -OCH3 is 2. The minimum atomic E-state index is -0.424. The molecule has 122 valence electrons. The minimum Gasteiger partial charge on any atom is -0.493 e. The van der Waals surface area contributed by atoms with Crippen molar-refractivity contribution in [2.24, 2.45) is 0 Å². The smallest absolute Gasteiger partial charge is 0.330 e. The number of carbonyl (C=O) groups is 1. The zero-order valence-corrected chi connectivity index (χ0v) is 13.2. The molecule has 0 aliphatic rings. The van der Waals surface area contributed by atoms with Gasteiger partial charge in [-0.2, -0.15) is 0 Å². The van der Waals surface area contributed by atoms with E-state index < -0.39 is 5.97 Å². The number of hydrogen-bond acceptors (Lipinski definition) is 7. The van der Waals surface area contributed by atoms with Gasteiger partial charge in [-0.3, -0.25) is 0 Å². The molecule has 0 unspecified atom stereocenters. The van der Waals surface area contributed by atoms with Crippen molar-refractivity contribution in [3.05, 3.63) is 41.6 Å². The zero-order valence-electron chi connectivity index (χ0n) is 13.2.